The van der Waals surface area contributed by atoms with Crippen molar-refractivity contribution < 1.29 is 8.78 Å². The predicted molar refractivity (Wildman–Crippen MR) is 78.8 cm³/mol. The molecule has 0 aliphatic carbocycles. The Kier molecular flexibility index (Phi) is 4.36. The fourth-order valence-corrected chi connectivity index (χ4v) is 2.43. The molecule has 0 radical (unpaired) electrons. The van der Waals surface area contributed by atoms with Crippen molar-refractivity contribution in [1.29, 1.82) is 0 Å². The molecule has 0 N–H and O–H groups in total. The first kappa shape index (κ1) is 14.9. The highest BCUT2D eigenvalue weighted by atomic mass is 127. The Labute approximate surface area is 126 Å². The molecule has 0 aliphatic heterocycles. The Balaban J connectivity index is 2.56. The second kappa shape index (κ2) is 5.86. The van der Waals surface area contributed by atoms with Gasteiger partial charge in [0, 0.05) is 24.4 Å². The van der Waals surface area contributed by atoms with Gasteiger partial charge >= 0.3 is 5.69 Å². The van der Waals surface area contributed by atoms with Gasteiger partial charge in [0.25, 0.3) is 5.56 Å². The highest BCUT2D eigenvalue weighted by Gasteiger charge is 2.12. The topological polar surface area (TPSA) is 44.0 Å². The van der Waals surface area contributed by atoms with Crippen LogP contribution < -0.4 is 11.2 Å². The van der Waals surface area contributed by atoms with E-state index >= 15 is 0 Å². The van der Waals surface area contributed by atoms with Crippen molar-refractivity contribution in [2.45, 2.75) is 20.0 Å². The Bertz CT molecular complexity index is 768. The minimum atomic E-state index is -0.779. The summed E-state index contributed by atoms with van der Waals surface area (Å²) in [4.78, 5) is 24.1. The van der Waals surface area contributed by atoms with Gasteiger partial charge in [0.2, 0.25) is 0 Å². The van der Waals surface area contributed by atoms with Crippen molar-refractivity contribution >= 4 is 22.6 Å². The van der Waals surface area contributed by atoms with Crippen molar-refractivity contribution in [2.24, 2.45) is 0 Å². The Hall–Kier alpha value is -1.51. The van der Waals surface area contributed by atoms with E-state index in [0.717, 1.165) is 16.7 Å². The first-order chi connectivity index (χ1) is 9.43. The number of rotatable bonds is 3. The summed E-state index contributed by atoms with van der Waals surface area (Å²) in [5, 5.41) is 0. The van der Waals surface area contributed by atoms with Crippen LogP contribution in [0.25, 0.3) is 0 Å². The first-order valence-corrected chi connectivity index (χ1v) is 6.95. The second-order valence-electron chi connectivity index (χ2n) is 4.17. The van der Waals surface area contributed by atoms with Crippen LogP contribution in [0.4, 0.5) is 8.78 Å². The molecule has 1 aromatic heterocycles. The summed E-state index contributed by atoms with van der Waals surface area (Å²) < 4.78 is 29.1. The van der Waals surface area contributed by atoms with Crippen molar-refractivity contribution in [2.75, 3.05) is 0 Å². The summed E-state index contributed by atoms with van der Waals surface area (Å²) in [6.45, 7) is 1.95. The van der Waals surface area contributed by atoms with Gasteiger partial charge in [0.05, 0.1) is 10.1 Å². The third kappa shape index (κ3) is 2.82. The highest BCUT2D eigenvalue weighted by Crippen LogP contribution is 2.10. The lowest BCUT2D eigenvalue weighted by Gasteiger charge is -2.10. The average molecular weight is 392 g/mol. The van der Waals surface area contributed by atoms with E-state index in [1.54, 1.807) is 6.92 Å². The molecule has 0 bridgehead atoms. The highest BCUT2D eigenvalue weighted by molar-refractivity contribution is 14.1. The van der Waals surface area contributed by atoms with Crippen LogP contribution in [-0.4, -0.2) is 9.13 Å². The van der Waals surface area contributed by atoms with E-state index in [2.05, 4.69) is 0 Å². The SMILES string of the molecule is CCn1cc(I)c(=O)n(Cc2ccc(F)cc2F)c1=O. The largest absolute Gasteiger partial charge is 0.331 e. The van der Waals surface area contributed by atoms with Crippen LogP contribution in [0.5, 0.6) is 0 Å². The molecule has 1 aromatic carbocycles. The molecular weight excluding hydrogens is 381 g/mol. The number of aromatic nitrogens is 2. The quantitative estimate of drug-likeness (QED) is 0.750. The van der Waals surface area contributed by atoms with Gasteiger partial charge < -0.3 is 0 Å². The molecule has 0 saturated carbocycles. The lowest BCUT2D eigenvalue weighted by Crippen LogP contribution is -2.41. The molecule has 0 fully saturated rings. The number of nitrogens with zero attached hydrogens (tertiary/aromatic N) is 2. The molecule has 0 spiro atoms. The summed E-state index contributed by atoms with van der Waals surface area (Å²) in [5.74, 6) is -1.48. The molecule has 4 nitrogen and oxygen atoms in total. The zero-order valence-electron chi connectivity index (χ0n) is 10.6. The van der Waals surface area contributed by atoms with Gasteiger partial charge in [-0.25, -0.2) is 13.6 Å². The fraction of sp³-hybridized carbons (Fsp3) is 0.231. The predicted octanol–water partition coefficient (Wildman–Crippen LogP) is 1.96. The normalized spacial score (nSPS) is 10.8. The van der Waals surface area contributed by atoms with Crippen molar-refractivity contribution in [3.8, 4) is 0 Å². The molecule has 2 aromatic rings. The Morgan fingerprint density at radius 1 is 1.25 bits per heavy atom. The molecular formula is C13H11F2IN2O2. The van der Waals surface area contributed by atoms with Gasteiger partial charge in [-0.2, -0.15) is 0 Å². The summed E-state index contributed by atoms with van der Waals surface area (Å²) in [5.41, 5.74) is -0.902. The maximum absolute atomic E-state index is 13.6. The lowest BCUT2D eigenvalue weighted by molar-refractivity contribution is 0.548. The van der Waals surface area contributed by atoms with Crippen LogP contribution in [0, 0.1) is 15.2 Å². The standard InChI is InChI=1S/C13H11F2IN2O2/c1-2-17-7-11(16)12(19)18(13(17)20)6-8-3-4-9(14)5-10(8)15/h3-5,7H,2,6H2,1H3. The molecule has 20 heavy (non-hydrogen) atoms. The van der Waals surface area contributed by atoms with E-state index in [0.29, 0.717) is 10.1 Å². The Morgan fingerprint density at radius 3 is 2.55 bits per heavy atom. The van der Waals surface area contributed by atoms with E-state index in [1.807, 2.05) is 22.6 Å². The Morgan fingerprint density at radius 2 is 1.95 bits per heavy atom. The number of halogens is 3. The van der Waals surface area contributed by atoms with Gasteiger partial charge in [-0.15, -0.1) is 0 Å². The van der Waals surface area contributed by atoms with Crippen LogP contribution in [-0.2, 0) is 13.1 Å². The second-order valence-corrected chi connectivity index (χ2v) is 5.33. The summed E-state index contributed by atoms with van der Waals surface area (Å²) in [6, 6.07) is 3.05. The first-order valence-electron chi connectivity index (χ1n) is 5.87. The zero-order chi connectivity index (χ0) is 14.9. The minimum absolute atomic E-state index is 0.0928. The maximum Gasteiger partial charge on any atom is 0.331 e. The van der Waals surface area contributed by atoms with Crippen molar-refractivity contribution in [3.05, 3.63) is 66.0 Å². The monoisotopic (exact) mass is 392 g/mol. The van der Waals surface area contributed by atoms with E-state index in [9.17, 15) is 18.4 Å². The van der Waals surface area contributed by atoms with E-state index in [4.69, 9.17) is 0 Å². The summed E-state index contributed by atoms with van der Waals surface area (Å²) in [6.07, 6.45) is 1.46. The van der Waals surface area contributed by atoms with Crippen molar-refractivity contribution in [3.63, 3.8) is 0 Å². The summed E-state index contributed by atoms with van der Waals surface area (Å²) >= 11 is 1.83. The van der Waals surface area contributed by atoms with Gasteiger partial charge in [0.1, 0.15) is 11.6 Å². The number of hydrogen-bond donors (Lipinski definition) is 0. The van der Waals surface area contributed by atoms with Crippen molar-refractivity contribution in [1.82, 2.24) is 9.13 Å². The van der Waals surface area contributed by atoms with E-state index < -0.39 is 22.9 Å². The van der Waals surface area contributed by atoms with Gasteiger partial charge in [-0.1, -0.05) is 6.07 Å². The molecule has 0 saturated heterocycles. The molecule has 2 rings (SSSR count). The smallest absolute Gasteiger partial charge is 0.300 e. The zero-order valence-corrected chi connectivity index (χ0v) is 12.7. The summed E-state index contributed by atoms with van der Waals surface area (Å²) in [7, 11) is 0. The number of hydrogen-bond acceptors (Lipinski definition) is 2. The third-order valence-corrected chi connectivity index (χ3v) is 3.62. The van der Waals surface area contributed by atoms with Gasteiger partial charge in [-0.05, 0) is 35.6 Å². The average Bonchev–Trinajstić information content (AvgIpc) is 2.41. The molecule has 7 heteroatoms. The lowest BCUT2D eigenvalue weighted by atomic mass is 10.2. The molecule has 1 heterocycles. The van der Waals surface area contributed by atoms with Gasteiger partial charge in [-0.3, -0.25) is 13.9 Å². The molecule has 0 aliphatic rings. The molecule has 0 atom stereocenters. The fourth-order valence-electron chi connectivity index (χ4n) is 1.80. The van der Waals surface area contributed by atoms with E-state index in [-0.39, 0.29) is 12.1 Å². The van der Waals surface area contributed by atoms with E-state index in [1.165, 1.54) is 16.8 Å². The molecule has 106 valence electrons. The van der Waals surface area contributed by atoms with Crippen LogP contribution in [0.15, 0.2) is 34.0 Å². The minimum Gasteiger partial charge on any atom is -0.300 e. The maximum atomic E-state index is 13.6. The number of benzene rings is 1. The van der Waals surface area contributed by atoms with Crippen LogP contribution in [0.3, 0.4) is 0 Å². The molecule has 0 unspecified atom stereocenters. The molecule has 0 amide bonds. The third-order valence-electron chi connectivity index (χ3n) is 2.88. The van der Waals surface area contributed by atoms with Crippen LogP contribution >= 0.6 is 22.6 Å². The van der Waals surface area contributed by atoms with Crippen LogP contribution in [0.2, 0.25) is 0 Å². The van der Waals surface area contributed by atoms with Crippen LogP contribution in [0.1, 0.15) is 12.5 Å². The number of aryl methyl sites for hydroxylation is 1. The van der Waals surface area contributed by atoms with Gasteiger partial charge in [0.15, 0.2) is 0 Å².